The van der Waals surface area contributed by atoms with Gasteiger partial charge in [0.2, 0.25) is 10.0 Å². The lowest BCUT2D eigenvalue weighted by Crippen LogP contribution is -2.50. The highest BCUT2D eigenvalue weighted by Crippen LogP contribution is 2.20. The summed E-state index contributed by atoms with van der Waals surface area (Å²) in [6, 6.07) is -0.231. The molecule has 1 saturated heterocycles. The summed E-state index contributed by atoms with van der Waals surface area (Å²) in [6.07, 6.45) is 1.49. The topological polar surface area (TPSA) is 66.9 Å². The third kappa shape index (κ3) is 3.90. The van der Waals surface area contributed by atoms with Gasteiger partial charge < -0.3 is 4.74 Å². The molecule has 1 fully saturated rings. The number of ether oxygens (including phenoxy) is 1. The molecule has 0 saturated carbocycles. The number of likely N-dealkylation sites (tertiary alicyclic amines) is 1. The molecule has 0 radical (unpaired) electrons. The summed E-state index contributed by atoms with van der Waals surface area (Å²) in [6.45, 7) is 4.90. The van der Waals surface area contributed by atoms with Crippen molar-refractivity contribution >= 4 is 16.0 Å². The van der Waals surface area contributed by atoms with E-state index in [1.807, 2.05) is 11.8 Å². The number of hydrogen-bond donors (Lipinski definition) is 0. The van der Waals surface area contributed by atoms with Gasteiger partial charge in [-0.1, -0.05) is 0 Å². The SMILES string of the molecule is CCS(=O)(=O)N(C)C1CCN(C(C)C(=O)OC)CC1. The van der Waals surface area contributed by atoms with Crippen molar-refractivity contribution in [3.63, 3.8) is 0 Å². The number of nitrogens with zero attached hydrogens (tertiary/aromatic N) is 2. The number of methoxy groups -OCH3 is 1. The summed E-state index contributed by atoms with van der Waals surface area (Å²) in [4.78, 5) is 13.5. The molecule has 7 heteroatoms. The fourth-order valence-corrected chi connectivity index (χ4v) is 3.46. The molecule has 1 heterocycles. The summed E-state index contributed by atoms with van der Waals surface area (Å²) in [5.74, 6) is -0.115. The van der Waals surface area contributed by atoms with E-state index in [2.05, 4.69) is 0 Å². The minimum absolute atomic E-state index is 0.0334. The first-order valence-corrected chi connectivity index (χ1v) is 8.22. The molecule has 0 bridgehead atoms. The Balaban J connectivity index is 2.56. The van der Waals surface area contributed by atoms with Gasteiger partial charge in [0.25, 0.3) is 0 Å². The zero-order chi connectivity index (χ0) is 14.6. The Labute approximate surface area is 115 Å². The summed E-state index contributed by atoms with van der Waals surface area (Å²) in [5.41, 5.74) is 0. The van der Waals surface area contributed by atoms with E-state index in [1.165, 1.54) is 11.4 Å². The number of sulfonamides is 1. The Bertz CT molecular complexity index is 402. The average molecular weight is 292 g/mol. The van der Waals surface area contributed by atoms with Gasteiger partial charge in [-0.05, 0) is 26.7 Å². The van der Waals surface area contributed by atoms with Gasteiger partial charge in [0.15, 0.2) is 0 Å². The molecule has 1 aliphatic heterocycles. The Morgan fingerprint density at radius 3 is 2.37 bits per heavy atom. The second-order valence-corrected chi connectivity index (χ2v) is 7.20. The number of piperidine rings is 1. The Hall–Kier alpha value is -0.660. The number of hydrogen-bond acceptors (Lipinski definition) is 5. The lowest BCUT2D eigenvalue weighted by molar-refractivity contribution is -0.146. The predicted molar refractivity (Wildman–Crippen MR) is 73.3 cm³/mol. The van der Waals surface area contributed by atoms with E-state index < -0.39 is 10.0 Å². The van der Waals surface area contributed by atoms with E-state index in [1.54, 1.807) is 14.0 Å². The lowest BCUT2D eigenvalue weighted by atomic mass is 10.0. The monoisotopic (exact) mass is 292 g/mol. The molecule has 0 aromatic carbocycles. The first-order chi connectivity index (χ1) is 8.83. The van der Waals surface area contributed by atoms with Crippen molar-refractivity contribution in [3.05, 3.63) is 0 Å². The van der Waals surface area contributed by atoms with Gasteiger partial charge in [-0.15, -0.1) is 0 Å². The van der Waals surface area contributed by atoms with E-state index in [9.17, 15) is 13.2 Å². The van der Waals surface area contributed by atoms with Gasteiger partial charge in [0.1, 0.15) is 6.04 Å². The van der Waals surface area contributed by atoms with Crippen LogP contribution in [0.1, 0.15) is 26.7 Å². The average Bonchev–Trinajstić information content (AvgIpc) is 2.44. The van der Waals surface area contributed by atoms with E-state index in [0.29, 0.717) is 13.1 Å². The molecule has 0 aromatic heterocycles. The fourth-order valence-electron chi connectivity index (χ4n) is 2.39. The van der Waals surface area contributed by atoms with Crippen molar-refractivity contribution < 1.29 is 17.9 Å². The normalized spacial score (nSPS) is 20.5. The lowest BCUT2D eigenvalue weighted by Gasteiger charge is -2.37. The van der Waals surface area contributed by atoms with Gasteiger partial charge in [-0.2, -0.15) is 0 Å². The van der Waals surface area contributed by atoms with E-state index in [-0.39, 0.29) is 23.8 Å². The minimum atomic E-state index is -3.13. The van der Waals surface area contributed by atoms with Crippen LogP contribution in [0.3, 0.4) is 0 Å². The summed E-state index contributed by atoms with van der Waals surface area (Å²) >= 11 is 0. The van der Waals surface area contributed by atoms with Crippen LogP contribution in [0.2, 0.25) is 0 Å². The van der Waals surface area contributed by atoms with Crippen LogP contribution in [0, 0.1) is 0 Å². The molecular weight excluding hydrogens is 268 g/mol. The Morgan fingerprint density at radius 1 is 1.42 bits per heavy atom. The second kappa shape index (κ2) is 6.67. The summed E-state index contributed by atoms with van der Waals surface area (Å²) in [7, 11) is -0.109. The van der Waals surface area contributed by atoms with Crippen LogP contribution in [-0.4, -0.2) is 68.7 Å². The van der Waals surface area contributed by atoms with E-state index in [4.69, 9.17) is 4.74 Å². The number of carbonyl (C=O) groups excluding carboxylic acids is 1. The van der Waals surface area contributed by atoms with Crippen LogP contribution in [0.5, 0.6) is 0 Å². The molecule has 0 spiro atoms. The van der Waals surface area contributed by atoms with Crippen LogP contribution < -0.4 is 0 Å². The highest BCUT2D eigenvalue weighted by Gasteiger charge is 2.31. The van der Waals surface area contributed by atoms with Crippen molar-refractivity contribution in [3.8, 4) is 0 Å². The number of rotatable bonds is 5. The van der Waals surface area contributed by atoms with Crippen molar-refractivity contribution in [1.82, 2.24) is 9.21 Å². The summed E-state index contributed by atoms with van der Waals surface area (Å²) < 4.78 is 29.8. The molecule has 0 aliphatic carbocycles. The van der Waals surface area contributed by atoms with Crippen LogP contribution in [0.4, 0.5) is 0 Å². The molecule has 0 N–H and O–H groups in total. The molecule has 19 heavy (non-hydrogen) atoms. The molecule has 1 atom stereocenters. The van der Waals surface area contributed by atoms with Crippen LogP contribution in [0.15, 0.2) is 0 Å². The van der Waals surface area contributed by atoms with Crippen LogP contribution in [0.25, 0.3) is 0 Å². The van der Waals surface area contributed by atoms with Crippen molar-refractivity contribution in [2.45, 2.75) is 38.8 Å². The first kappa shape index (κ1) is 16.4. The van der Waals surface area contributed by atoms with E-state index in [0.717, 1.165) is 12.8 Å². The van der Waals surface area contributed by atoms with Gasteiger partial charge in [0.05, 0.1) is 12.9 Å². The molecule has 1 unspecified atom stereocenters. The highest BCUT2D eigenvalue weighted by molar-refractivity contribution is 7.89. The Morgan fingerprint density at radius 2 is 1.95 bits per heavy atom. The first-order valence-electron chi connectivity index (χ1n) is 6.61. The van der Waals surface area contributed by atoms with Crippen molar-refractivity contribution in [2.75, 3.05) is 33.0 Å². The minimum Gasteiger partial charge on any atom is -0.468 e. The molecule has 0 aromatic rings. The maximum Gasteiger partial charge on any atom is 0.322 e. The zero-order valence-electron chi connectivity index (χ0n) is 12.1. The molecule has 1 aliphatic rings. The molecular formula is C12H24N2O4S. The molecule has 0 amide bonds. The van der Waals surface area contributed by atoms with Crippen molar-refractivity contribution in [2.24, 2.45) is 0 Å². The van der Waals surface area contributed by atoms with Crippen molar-refractivity contribution in [1.29, 1.82) is 0 Å². The van der Waals surface area contributed by atoms with Gasteiger partial charge in [0, 0.05) is 26.2 Å². The Kier molecular flexibility index (Phi) is 5.76. The molecule has 112 valence electrons. The number of esters is 1. The maximum atomic E-state index is 11.8. The van der Waals surface area contributed by atoms with Gasteiger partial charge in [-0.25, -0.2) is 12.7 Å². The standard InChI is InChI=1S/C12H24N2O4S/c1-5-19(16,17)13(3)11-6-8-14(9-7-11)10(2)12(15)18-4/h10-11H,5-9H2,1-4H3. The largest absolute Gasteiger partial charge is 0.468 e. The predicted octanol–water partition coefficient (Wildman–Crippen LogP) is 0.294. The number of carbonyl (C=O) groups is 1. The van der Waals surface area contributed by atoms with Gasteiger partial charge in [-0.3, -0.25) is 9.69 Å². The quantitative estimate of drug-likeness (QED) is 0.682. The highest BCUT2D eigenvalue weighted by atomic mass is 32.2. The van der Waals surface area contributed by atoms with Crippen LogP contribution >= 0.6 is 0 Å². The van der Waals surface area contributed by atoms with Crippen LogP contribution in [-0.2, 0) is 19.6 Å². The summed E-state index contributed by atoms with van der Waals surface area (Å²) in [5, 5.41) is 0. The third-order valence-corrected chi connectivity index (χ3v) is 5.81. The molecule has 1 rings (SSSR count). The maximum absolute atomic E-state index is 11.8. The second-order valence-electron chi connectivity index (χ2n) is 4.88. The van der Waals surface area contributed by atoms with Gasteiger partial charge >= 0.3 is 5.97 Å². The molecule has 6 nitrogen and oxygen atoms in total. The van der Waals surface area contributed by atoms with E-state index >= 15 is 0 Å². The third-order valence-electron chi connectivity index (χ3n) is 3.91. The smallest absolute Gasteiger partial charge is 0.322 e. The fraction of sp³-hybridized carbons (Fsp3) is 0.917. The zero-order valence-corrected chi connectivity index (χ0v) is 12.9.